The molecule has 0 fully saturated rings. The lowest BCUT2D eigenvalue weighted by Gasteiger charge is -2.29. The number of aliphatic hydroxyl groups is 1. The van der Waals surface area contributed by atoms with E-state index in [9.17, 15) is 9.50 Å². The van der Waals surface area contributed by atoms with Gasteiger partial charge in [-0.3, -0.25) is 0 Å². The summed E-state index contributed by atoms with van der Waals surface area (Å²) in [6, 6.07) is 13.7. The summed E-state index contributed by atoms with van der Waals surface area (Å²) in [6.45, 7) is 0. The fourth-order valence-corrected chi connectivity index (χ4v) is 2.28. The SMILES string of the molecule is O[C@@H]1CC(c2ccc(F)cc2)Oc2ccccc21. The molecular weight excluding hydrogens is 231 g/mol. The van der Waals surface area contributed by atoms with Crippen molar-refractivity contribution in [2.24, 2.45) is 0 Å². The molecule has 3 heteroatoms. The Hall–Kier alpha value is -1.87. The minimum Gasteiger partial charge on any atom is -0.485 e. The van der Waals surface area contributed by atoms with Gasteiger partial charge in [-0.15, -0.1) is 0 Å². The Balaban J connectivity index is 1.92. The van der Waals surface area contributed by atoms with Crippen molar-refractivity contribution < 1.29 is 14.2 Å². The quantitative estimate of drug-likeness (QED) is 0.833. The van der Waals surface area contributed by atoms with Gasteiger partial charge in [-0.25, -0.2) is 4.39 Å². The molecule has 2 atom stereocenters. The number of fused-ring (bicyclic) bond motifs is 1. The third-order valence-corrected chi connectivity index (χ3v) is 3.23. The van der Waals surface area contributed by atoms with Crippen LogP contribution in [0, 0.1) is 5.82 Å². The average Bonchev–Trinajstić information content (AvgIpc) is 2.39. The summed E-state index contributed by atoms with van der Waals surface area (Å²) in [5.74, 6) is 0.432. The number of hydrogen-bond acceptors (Lipinski definition) is 2. The molecule has 1 heterocycles. The number of ether oxygens (including phenoxy) is 1. The van der Waals surface area contributed by atoms with Crippen LogP contribution in [-0.2, 0) is 0 Å². The van der Waals surface area contributed by atoms with Gasteiger partial charge in [0, 0.05) is 12.0 Å². The molecule has 0 aromatic heterocycles. The van der Waals surface area contributed by atoms with Crippen molar-refractivity contribution in [3.63, 3.8) is 0 Å². The second-order valence-corrected chi connectivity index (χ2v) is 4.45. The monoisotopic (exact) mass is 244 g/mol. The van der Waals surface area contributed by atoms with Crippen molar-refractivity contribution in [3.05, 3.63) is 65.5 Å². The second-order valence-electron chi connectivity index (χ2n) is 4.45. The lowest BCUT2D eigenvalue weighted by atomic mass is 9.95. The molecule has 2 aromatic carbocycles. The zero-order chi connectivity index (χ0) is 12.5. The predicted octanol–water partition coefficient (Wildman–Crippen LogP) is 3.38. The molecule has 0 saturated heterocycles. The van der Waals surface area contributed by atoms with Crippen LogP contribution in [0.3, 0.4) is 0 Å². The van der Waals surface area contributed by atoms with E-state index in [2.05, 4.69) is 0 Å². The van der Waals surface area contributed by atoms with E-state index in [1.165, 1.54) is 12.1 Å². The van der Waals surface area contributed by atoms with E-state index in [4.69, 9.17) is 4.74 Å². The maximum absolute atomic E-state index is 12.9. The molecule has 1 unspecified atom stereocenters. The van der Waals surface area contributed by atoms with Gasteiger partial charge in [-0.1, -0.05) is 30.3 Å². The van der Waals surface area contributed by atoms with Gasteiger partial charge in [0.1, 0.15) is 17.7 Å². The molecule has 1 aliphatic rings. The molecule has 3 rings (SSSR count). The Labute approximate surface area is 105 Å². The number of halogens is 1. The zero-order valence-electron chi connectivity index (χ0n) is 9.71. The first-order valence-electron chi connectivity index (χ1n) is 5.93. The summed E-state index contributed by atoms with van der Waals surface area (Å²) < 4.78 is 18.7. The summed E-state index contributed by atoms with van der Waals surface area (Å²) >= 11 is 0. The number of para-hydroxylation sites is 1. The highest BCUT2D eigenvalue weighted by atomic mass is 19.1. The highest BCUT2D eigenvalue weighted by molar-refractivity contribution is 5.38. The third kappa shape index (κ3) is 1.97. The summed E-state index contributed by atoms with van der Waals surface area (Å²) in [6.07, 6.45) is -0.275. The fraction of sp³-hybridized carbons (Fsp3) is 0.200. The number of benzene rings is 2. The first kappa shape index (κ1) is 11.2. The van der Waals surface area contributed by atoms with Crippen molar-refractivity contribution >= 4 is 0 Å². The van der Waals surface area contributed by atoms with E-state index in [-0.39, 0.29) is 11.9 Å². The van der Waals surface area contributed by atoms with Gasteiger partial charge in [-0.05, 0) is 23.8 Å². The maximum Gasteiger partial charge on any atom is 0.127 e. The van der Waals surface area contributed by atoms with Crippen molar-refractivity contribution in [2.75, 3.05) is 0 Å². The summed E-state index contributed by atoms with van der Waals surface area (Å²) in [7, 11) is 0. The standard InChI is InChI=1S/C15H13FO2/c16-11-7-5-10(6-8-11)15-9-13(17)12-3-1-2-4-14(12)18-15/h1-8,13,15,17H,9H2/t13-,15?/m1/s1. The first-order valence-corrected chi connectivity index (χ1v) is 5.93. The molecule has 2 aromatic rings. The summed E-state index contributed by atoms with van der Waals surface area (Å²) in [4.78, 5) is 0. The van der Waals surface area contributed by atoms with Crippen LogP contribution in [0.2, 0.25) is 0 Å². The molecule has 0 saturated carbocycles. The van der Waals surface area contributed by atoms with E-state index in [1.54, 1.807) is 12.1 Å². The van der Waals surface area contributed by atoms with Crippen LogP contribution < -0.4 is 4.74 Å². The molecule has 2 nitrogen and oxygen atoms in total. The van der Waals surface area contributed by atoms with Crippen LogP contribution in [0.4, 0.5) is 4.39 Å². The van der Waals surface area contributed by atoms with E-state index in [0.29, 0.717) is 12.2 Å². The Morgan fingerprint density at radius 1 is 1.06 bits per heavy atom. The van der Waals surface area contributed by atoms with Crippen LogP contribution in [-0.4, -0.2) is 5.11 Å². The Morgan fingerprint density at radius 3 is 2.56 bits per heavy atom. The smallest absolute Gasteiger partial charge is 0.127 e. The Kier molecular flexibility index (Phi) is 2.76. The molecule has 0 bridgehead atoms. The minimum absolute atomic E-state index is 0.226. The number of rotatable bonds is 1. The van der Waals surface area contributed by atoms with Gasteiger partial charge in [0.05, 0.1) is 6.10 Å². The average molecular weight is 244 g/mol. The zero-order valence-corrected chi connectivity index (χ0v) is 9.71. The summed E-state index contributed by atoms with van der Waals surface area (Å²) in [5, 5.41) is 10.1. The lowest BCUT2D eigenvalue weighted by Crippen LogP contribution is -2.18. The van der Waals surface area contributed by atoms with Crippen LogP contribution in [0.5, 0.6) is 5.75 Å². The van der Waals surface area contributed by atoms with Crippen LogP contribution >= 0.6 is 0 Å². The Morgan fingerprint density at radius 2 is 1.78 bits per heavy atom. The Bertz CT molecular complexity index is 551. The first-order chi connectivity index (χ1) is 8.74. The van der Waals surface area contributed by atoms with Gasteiger partial charge >= 0.3 is 0 Å². The number of hydrogen-bond donors (Lipinski definition) is 1. The van der Waals surface area contributed by atoms with Crippen molar-refractivity contribution in [2.45, 2.75) is 18.6 Å². The molecule has 1 aliphatic heterocycles. The third-order valence-electron chi connectivity index (χ3n) is 3.23. The van der Waals surface area contributed by atoms with Crippen molar-refractivity contribution in [1.29, 1.82) is 0 Å². The largest absolute Gasteiger partial charge is 0.485 e. The topological polar surface area (TPSA) is 29.5 Å². The fourth-order valence-electron chi connectivity index (χ4n) is 2.28. The molecular formula is C15H13FO2. The highest BCUT2D eigenvalue weighted by Crippen LogP contribution is 2.40. The normalized spacial score (nSPS) is 22.1. The second kappa shape index (κ2) is 4.42. The van der Waals surface area contributed by atoms with Gasteiger partial charge in [0.15, 0.2) is 0 Å². The molecule has 92 valence electrons. The van der Waals surface area contributed by atoms with Crippen molar-refractivity contribution in [3.8, 4) is 5.75 Å². The maximum atomic E-state index is 12.9. The van der Waals surface area contributed by atoms with E-state index >= 15 is 0 Å². The molecule has 0 aliphatic carbocycles. The molecule has 0 spiro atoms. The van der Waals surface area contributed by atoms with E-state index < -0.39 is 6.10 Å². The van der Waals surface area contributed by atoms with Gasteiger partial charge in [0.25, 0.3) is 0 Å². The van der Waals surface area contributed by atoms with E-state index in [1.807, 2.05) is 24.3 Å². The van der Waals surface area contributed by atoms with Crippen LogP contribution in [0.15, 0.2) is 48.5 Å². The highest BCUT2D eigenvalue weighted by Gasteiger charge is 2.27. The minimum atomic E-state index is -0.537. The van der Waals surface area contributed by atoms with E-state index in [0.717, 1.165) is 11.1 Å². The molecule has 0 radical (unpaired) electrons. The molecule has 1 N–H and O–H groups in total. The molecule has 0 amide bonds. The van der Waals surface area contributed by atoms with Crippen molar-refractivity contribution in [1.82, 2.24) is 0 Å². The number of aliphatic hydroxyl groups excluding tert-OH is 1. The van der Waals surface area contributed by atoms with Gasteiger partial charge < -0.3 is 9.84 Å². The van der Waals surface area contributed by atoms with Crippen LogP contribution in [0.1, 0.15) is 29.8 Å². The van der Waals surface area contributed by atoms with Gasteiger partial charge in [0.2, 0.25) is 0 Å². The van der Waals surface area contributed by atoms with Gasteiger partial charge in [-0.2, -0.15) is 0 Å². The predicted molar refractivity (Wildman–Crippen MR) is 65.8 cm³/mol. The van der Waals surface area contributed by atoms with Crippen LogP contribution in [0.25, 0.3) is 0 Å². The molecule has 18 heavy (non-hydrogen) atoms. The summed E-state index contributed by atoms with van der Waals surface area (Å²) in [5.41, 5.74) is 1.70. The lowest BCUT2D eigenvalue weighted by molar-refractivity contribution is 0.0657.